The molecule has 0 bridgehead atoms. The van der Waals surface area contributed by atoms with Gasteiger partial charge in [-0.2, -0.15) is 11.8 Å². The third-order valence-electron chi connectivity index (χ3n) is 3.32. The summed E-state index contributed by atoms with van der Waals surface area (Å²) in [7, 11) is 0. The molecule has 0 aromatic heterocycles. The molecule has 0 radical (unpaired) electrons. The van der Waals surface area contributed by atoms with Crippen LogP contribution in [0.25, 0.3) is 0 Å². The SMILES string of the molecule is CC(CN)=C1CCOC2(CCSC2)C1. The first-order chi connectivity index (χ1) is 6.76. The predicted molar refractivity (Wildman–Crippen MR) is 61.6 cm³/mol. The van der Waals surface area contributed by atoms with Gasteiger partial charge in [-0.3, -0.25) is 0 Å². The number of hydrogen-bond donors (Lipinski definition) is 1. The summed E-state index contributed by atoms with van der Waals surface area (Å²) in [6.07, 6.45) is 3.44. The summed E-state index contributed by atoms with van der Waals surface area (Å²) in [5.74, 6) is 2.43. The summed E-state index contributed by atoms with van der Waals surface area (Å²) in [6.45, 7) is 3.77. The summed E-state index contributed by atoms with van der Waals surface area (Å²) in [5.41, 5.74) is 8.80. The first kappa shape index (κ1) is 10.5. The molecule has 2 aliphatic rings. The minimum Gasteiger partial charge on any atom is -0.373 e. The molecular weight excluding hydrogens is 194 g/mol. The van der Waals surface area contributed by atoms with Gasteiger partial charge in [0.1, 0.15) is 0 Å². The number of thioether (sulfide) groups is 1. The third-order valence-corrected chi connectivity index (χ3v) is 4.55. The first-order valence-corrected chi connectivity index (χ1v) is 6.50. The molecule has 2 saturated heterocycles. The van der Waals surface area contributed by atoms with Crippen molar-refractivity contribution in [2.24, 2.45) is 5.73 Å². The van der Waals surface area contributed by atoms with Crippen LogP contribution in [0.5, 0.6) is 0 Å². The molecule has 0 saturated carbocycles. The van der Waals surface area contributed by atoms with E-state index in [1.807, 2.05) is 11.8 Å². The lowest BCUT2D eigenvalue weighted by Gasteiger charge is -2.35. The van der Waals surface area contributed by atoms with Gasteiger partial charge in [-0.05, 0) is 31.9 Å². The van der Waals surface area contributed by atoms with Crippen molar-refractivity contribution in [2.75, 3.05) is 24.7 Å². The number of ether oxygens (including phenoxy) is 1. The molecule has 0 aromatic rings. The molecule has 0 amide bonds. The number of hydrogen-bond acceptors (Lipinski definition) is 3. The summed E-state index contributed by atoms with van der Waals surface area (Å²) in [6, 6.07) is 0. The van der Waals surface area contributed by atoms with Crippen LogP contribution in [0.1, 0.15) is 26.2 Å². The van der Waals surface area contributed by atoms with Crippen LogP contribution in [0.4, 0.5) is 0 Å². The van der Waals surface area contributed by atoms with Crippen molar-refractivity contribution in [3.8, 4) is 0 Å². The largest absolute Gasteiger partial charge is 0.373 e. The molecule has 80 valence electrons. The second kappa shape index (κ2) is 4.25. The minimum atomic E-state index is 0.175. The second-order valence-electron chi connectivity index (χ2n) is 4.35. The van der Waals surface area contributed by atoms with Crippen molar-refractivity contribution in [3.63, 3.8) is 0 Å². The summed E-state index contributed by atoms with van der Waals surface area (Å²) >= 11 is 2.02. The van der Waals surface area contributed by atoms with Gasteiger partial charge >= 0.3 is 0 Å². The molecule has 2 N–H and O–H groups in total. The molecule has 2 nitrogen and oxygen atoms in total. The van der Waals surface area contributed by atoms with Gasteiger partial charge in [-0.15, -0.1) is 0 Å². The molecule has 3 heteroatoms. The zero-order chi connectivity index (χ0) is 10.0. The van der Waals surface area contributed by atoms with Crippen LogP contribution in [0.2, 0.25) is 0 Å². The van der Waals surface area contributed by atoms with Gasteiger partial charge in [0.2, 0.25) is 0 Å². The van der Waals surface area contributed by atoms with E-state index in [1.54, 1.807) is 5.57 Å². The van der Waals surface area contributed by atoms with Crippen LogP contribution in [-0.4, -0.2) is 30.3 Å². The topological polar surface area (TPSA) is 35.2 Å². The van der Waals surface area contributed by atoms with Crippen molar-refractivity contribution in [3.05, 3.63) is 11.1 Å². The van der Waals surface area contributed by atoms with E-state index in [9.17, 15) is 0 Å². The molecule has 1 spiro atoms. The Balaban J connectivity index is 2.10. The Morgan fingerprint density at radius 2 is 2.50 bits per heavy atom. The van der Waals surface area contributed by atoms with Crippen molar-refractivity contribution < 1.29 is 4.74 Å². The normalized spacial score (nSPS) is 36.4. The van der Waals surface area contributed by atoms with Gasteiger partial charge in [0.15, 0.2) is 0 Å². The lowest BCUT2D eigenvalue weighted by Crippen LogP contribution is -2.37. The van der Waals surface area contributed by atoms with Gasteiger partial charge in [-0.1, -0.05) is 11.1 Å². The molecule has 0 aliphatic carbocycles. The Bertz CT molecular complexity index is 244. The summed E-state index contributed by atoms with van der Waals surface area (Å²) in [5, 5.41) is 0. The maximum Gasteiger partial charge on any atom is 0.0817 e. The average molecular weight is 213 g/mol. The quantitative estimate of drug-likeness (QED) is 0.676. The summed E-state index contributed by atoms with van der Waals surface area (Å²) < 4.78 is 5.96. The van der Waals surface area contributed by atoms with Crippen molar-refractivity contribution in [2.45, 2.75) is 31.8 Å². The van der Waals surface area contributed by atoms with Gasteiger partial charge in [0.05, 0.1) is 12.2 Å². The van der Waals surface area contributed by atoms with E-state index in [0.717, 1.165) is 19.4 Å². The first-order valence-electron chi connectivity index (χ1n) is 5.35. The Hall–Kier alpha value is 0.01000. The van der Waals surface area contributed by atoms with Crippen molar-refractivity contribution in [1.29, 1.82) is 0 Å². The number of rotatable bonds is 1. The van der Waals surface area contributed by atoms with Gasteiger partial charge in [0.25, 0.3) is 0 Å². The third kappa shape index (κ3) is 2.00. The fraction of sp³-hybridized carbons (Fsp3) is 0.818. The molecule has 1 unspecified atom stereocenters. The maximum atomic E-state index is 5.96. The van der Waals surface area contributed by atoms with E-state index >= 15 is 0 Å². The lowest BCUT2D eigenvalue weighted by atomic mass is 9.87. The zero-order valence-electron chi connectivity index (χ0n) is 8.84. The summed E-state index contributed by atoms with van der Waals surface area (Å²) in [4.78, 5) is 0. The van der Waals surface area contributed by atoms with Crippen molar-refractivity contribution >= 4 is 11.8 Å². The van der Waals surface area contributed by atoms with Crippen LogP contribution < -0.4 is 5.73 Å². The van der Waals surface area contributed by atoms with Gasteiger partial charge in [-0.25, -0.2) is 0 Å². The highest BCUT2D eigenvalue weighted by Crippen LogP contribution is 2.40. The standard InChI is InChI=1S/C11H19NOS/c1-9(7-12)10-2-4-13-11(6-10)3-5-14-8-11/h2-8,12H2,1H3. The van der Waals surface area contributed by atoms with Gasteiger partial charge in [0, 0.05) is 12.3 Å². The van der Waals surface area contributed by atoms with E-state index in [4.69, 9.17) is 10.5 Å². The Labute approximate surface area is 90.3 Å². The van der Waals surface area contributed by atoms with Crippen LogP contribution >= 0.6 is 11.8 Å². The second-order valence-corrected chi connectivity index (χ2v) is 5.45. The Kier molecular flexibility index (Phi) is 3.20. The fourth-order valence-electron chi connectivity index (χ4n) is 2.27. The highest BCUT2D eigenvalue weighted by molar-refractivity contribution is 7.99. The highest BCUT2D eigenvalue weighted by Gasteiger charge is 2.38. The molecule has 14 heavy (non-hydrogen) atoms. The monoisotopic (exact) mass is 213 g/mol. The molecule has 2 aliphatic heterocycles. The maximum absolute atomic E-state index is 5.96. The van der Waals surface area contributed by atoms with Gasteiger partial charge < -0.3 is 10.5 Å². The molecule has 0 aromatic carbocycles. The van der Waals surface area contributed by atoms with E-state index in [-0.39, 0.29) is 5.60 Å². The Morgan fingerprint density at radius 1 is 1.64 bits per heavy atom. The lowest BCUT2D eigenvalue weighted by molar-refractivity contribution is -0.0416. The average Bonchev–Trinajstić information content (AvgIpc) is 2.65. The van der Waals surface area contributed by atoms with E-state index in [2.05, 4.69) is 6.92 Å². The molecule has 2 fully saturated rings. The van der Waals surface area contributed by atoms with Crippen molar-refractivity contribution in [1.82, 2.24) is 0 Å². The zero-order valence-corrected chi connectivity index (χ0v) is 9.66. The number of nitrogens with two attached hydrogens (primary N) is 1. The minimum absolute atomic E-state index is 0.175. The Morgan fingerprint density at radius 3 is 3.14 bits per heavy atom. The van der Waals surface area contributed by atoms with Crippen LogP contribution in [0.3, 0.4) is 0 Å². The molecule has 2 rings (SSSR count). The van der Waals surface area contributed by atoms with Crippen LogP contribution in [-0.2, 0) is 4.74 Å². The van der Waals surface area contributed by atoms with E-state index < -0.39 is 0 Å². The molecular formula is C11H19NOS. The van der Waals surface area contributed by atoms with E-state index in [0.29, 0.717) is 6.54 Å². The predicted octanol–water partition coefficient (Wildman–Crippen LogP) is 1.95. The highest BCUT2D eigenvalue weighted by atomic mass is 32.2. The smallest absolute Gasteiger partial charge is 0.0817 e. The molecule has 1 atom stereocenters. The fourth-order valence-corrected chi connectivity index (χ4v) is 3.63. The molecule has 2 heterocycles. The van der Waals surface area contributed by atoms with Crippen LogP contribution in [0, 0.1) is 0 Å². The van der Waals surface area contributed by atoms with Crippen LogP contribution in [0.15, 0.2) is 11.1 Å². The van der Waals surface area contributed by atoms with E-state index in [1.165, 1.54) is 23.5 Å².